The van der Waals surface area contributed by atoms with Gasteiger partial charge in [-0.1, -0.05) is 19.8 Å². The molecule has 0 aliphatic heterocycles. The molecule has 0 radical (unpaired) electrons. The molecule has 0 saturated heterocycles. The number of nitrogens with zero attached hydrogens (tertiary/aromatic N) is 4. The topological polar surface area (TPSA) is 119 Å². The zero-order valence-electron chi connectivity index (χ0n) is 17.3. The van der Waals surface area contributed by atoms with E-state index in [0.29, 0.717) is 23.6 Å². The van der Waals surface area contributed by atoms with Crippen molar-refractivity contribution in [2.24, 2.45) is 0 Å². The number of rotatable bonds is 9. The van der Waals surface area contributed by atoms with Crippen LogP contribution in [0.3, 0.4) is 0 Å². The summed E-state index contributed by atoms with van der Waals surface area (Å²) in [7, 11) is 1.55. The molecule has 0 aromatic carbocycles. The van der Waals surface area contributed by atoms with Crippen LogP contribution in [0.25, 0.3) is 22.3 Å². The highest BCUT2D eigenvalue weighted by molar-refractivity contribution is 5.80. The van der Waals surface area contributed by atoms with E-state index in [4.69, 9.17) is 9.84 Å². The number of hydrogen-bond acceptors (Lipinski definition) is 7. The van der Waals surface area contributed by atoms with E-state index in [2.05, 4.69) is 27.2 Å². The van der Waals surface area contributed by atoms with Gasteiger partial charge >= 0.3 is 5.97 Å². The zero-order chi connectivity index (χ0) is 21.7. The van der Waals surface area contributed by atoms with Crippen molar-refractivity contribution in [2.45, 2.75) is 45.7 Å². The Labute approximate surface area is 173 Å². The maximum atomic E-state index is 13.1. The Bertz CT molecular complexity index is 1090. The number of carbonyl (C=O) groups is 1. The highest BCUT2D eigenvalue weighted by Crippen LogP contribution is 2.23. The molecule has 2 N–H and O–H groups in total. The number of anilines is 1. The van der Waals surface area contributed by atoms with Gasteiger partial charge in [0, 0.05) is 36.1 Å². The third-order valence-electron chi connectivity index (χ3n) is 4.79. The fraction of sp³-hybridized carbons (Fsp3) is 0.381. The van der Waals surface area contributed by atoms with Crippen molar-refractivity contribution in [1.82, 2.24) is 19.5 Å². The number of aliphatic carboxylic acids is 1. The summed E-state index contributed by atoms with van der Waals surface area (Å²) in [4.78, 5) is 37.2. The molecule has 0 spiro atoms. The molecule has 3 heterocycles. The largest absolute Gasteiger partial charge is 0.481 e. The number of fused-ring (bicyclic) bond motifs is 1. The van der Waals surface area contributed by atoms with E-state index in [0.717, 1.165) is 30.4 Å². The molecule has 0 amide bonds. The molecular weight excluding hydrogens is 386 g/mol. The number of carboxylic acids is 1. The molecule has 9 nitrogen and oxygen atoms in total. The van der Waals surface area contributed by atoms with Crippen molar-refractivity contribution in [3.05, 3.63) is 40.9 Å². The number of carboxylic acid groups (broad SMARTS) is 1. The van der Waals surface area contributed by atoms with Crippen LogP contribution in [-0.2, 0) is 11.3 Å². The van der Waals surface area contributed by atoms with Gasteiger partial charge in [0.25, 0.3) is 5.56 Å². The van der Waals surface area contributed by atoms with E-state index in [1.54, 1.807) is 30.1 Å². The molecule has 30 heavy (non-hydrogen) atoms. The molecule has 0 fully saturated rings. The van der Waals surface area contributed by atoms with Crippen LogP contribution in [0.4, 0.5) is 5.82 Å². The highest BCUT2D eigenvalue weighted by Gasteiger charge is 2.17. The van der Waals surface area contributed by atoms with E-state index in [-0.39, 0.29) is 11.4 Å². The van der Waals surface area contributed by atoms with Crippen LogP contribution in [0.15, 0.2) is 35.4 Å². The summed E-state index contributed by atoms with van der Waals surface area (Å²) in [5, 5.41) is 11.8. The van der Waals surface area contributed by atoms with E-state index >= 15 is 0 Å². The van der Waals surface area contributed by atoms with Gasteiger partial charge in [-0.2, -0.15) is 0 Å². The van der Waals surface area contributed by atoms with Crippen LogP contribution in [0.2, 0.25) is 0 Å². The van der Waals surface area contributed by atoms with Gasteiger partial charge in [0.05, 0.1) is 12.6 Å². The van der Waals surface area contributed by atoms with Crippen molar-refractivity contribution < 1.29 is 14.6 Å². The SMILES string of the molecule is CCCCCn1c(=O)c(N[C@@H](C)C(=O)O)nc2ncc(-c3ccc(OC)nc3)cc21. The number of methoxy groups -OCH3 is 1. The molecular formula is C21H25N5O4. The smallest absolute Gasteiger partial charge is 0.325 e. The van der Waals surface area contributed by atoms with Crippen molar-refractivity contribution in [3.8, 4) is 17.0 Å². The summed E-state index contributed by atoms with van der Waals surface area (Å²) in [6, 6.07) is 4.53. The summed E-state index contributed by atoms with van der Waals surface area (Å²) in [6.07, 6.45) is 6.14. The third-order valence-corrected chi connectivity index (χ3v) is 4.79. The Morgan fingerprint density at radius 3 is 2.63 bits per heavy atom. The first kappa shape index (κ1) is 21.2. The Kier molecular flexibility index (Phi) is 6.61. The first-order valence-electron chi connectivity index (χ1n) is 9.85. The van der Waals surface area contributed by atoms with Crippen LogP contribution >= 0.6 is 0 Å². The average molecular weight is 411 g/mol. The lowest BCUT2D eigenvalue weighted by molar-refractivity contribution is -0.137. The van der Waals surface area contributed by atoms with E-state index in [1.165, 1.54) is 6.92 Å². The standard InChI is InChI=1S/C21H25N5O4/c1-4-5-6-9-26-16-10-15(14-7-8-17(30-3)22-11-14)12-23-18(16)25-19(20(26)27)24-13(2)21(28)29/h7-8,10-13H,4-6,9H2,1-3H3,(H,28,29)(H,23,24,25)/t13-/m0/s1. The van der Waals surface area contributed by atoms with E-state index < -0.39 is 12.0 Å². The van der Waals surface area contributed by atoms with Gasteiger partial charge in [-0.25, -0.2) is 15.0 Å². The van der Waals surface area contributed by atoms with Gasteiger partial charge in [0.1, 0.15) is 6.04 Å². The van der Waals surface area contributed by atoms with Gasteiger partial charge in [0.2, 0.25) is 5.88 Å². The van der Waals surface area contributed by atoms with Crippen molar-refractivity contribution in [1.29, 1.82) is 0 Å². The fourth-order valence-electron chi connectivity index (χ4n) is 3.05. The molecule has 0 aliphatic carbocycles. The Hall–Kier alpha value is -3.49. The number of hydrogen-bond donors (Lipinski definition) is 2. The summed E-state index contributed by atoms with van der Waals surface area (Å²) in [5.74, 6) is -0.571. The predicted octanol–water partition coefficient (Wildman–Crippen LogP) is 2.94. The molecule has 3 aromatic rings. The number of aryl methyl sites for hydroxylation is 1. The lowest BCUT2D eigenvalue weighted by Crippen LogP contribution is -2.32. The molecule has 0 bridgehead atoms. The average Bonchev–Trinajstić information content (AvgIpc) is 2.75. The first-order chi connectivity index (χ1) is 14.4. The van der Waals surface area contributed by atoms with Crippen molar-refractivity contribution >= 4 is 23.0 Å². The van der Waals surface area contributed by atoms with E-state index in [1.807, 2.05) is 12.1 Å². The van der Waals surface area contributed by atoms with Crippen LogP contribution in [0.1, 0.15) is 33.1 Å². The lowest BCUT2D eigenvalue weighted by Gasteiger charge is -2.15. The third kappa shape index (κ3) is 4.56. The van der Waals surface area contributed by atoms with Gasteiger partial charge < -0.3 is 19.7 Å². The minimum absolute atomic E-state index is 0.0136. The minimum atomic E-state index is -1.07. The Morgan fingerprint density at radius 1 is 1.23 bits per heavy atom. The first-order valence-corrected chi connectivity index (χ1v) is 9.85. The van der Waals surface area contributed by atoms with Gasteiger partial charge in [-0.05, 0) is 25.5 Å². The second-order valence-electron chi connectivity index (χ2n) is 6.98. The second kappa shape index (κ2) is 9.34. The van der Waals surface area contributed by atoms with Gasteiger partial charge in [0.15, 0.2) is 11.5 Å². The van der Waals surface area contributed by atoms with Crippen LogP contribution in [0, 0.1) is 0 Å². The zero-order valence-corrected chi connectivity index (χ0v) is 17.3. The number of ether oxygens (including phenoxy) is 1. The Balaban J connectivity index is 2.10. The molecule has 1 atom stereocenters. The van der Waals surface area contributed by atoms with Crippen LogP contribution in [0.5, 0.6) is 5.88 Å². The second-order valence-corrected chi connectivity index (χ2v) is 6.98. The monoisotopic (exact) mass is 411 g/mol. The number of unbranched alkanes of at least 4 members (excludes halogenated alkanes) is 2. The number of pyridine rings is 2. The predicted molar refractivity (Wildman–Crippen MR) is 114 cm³/mol. The molecule has 0 unspecified atom stereocenters. The van der Waals surface area contributed by atoms with Gasteiger partial charge in [-0.3, -0.25) is 9.59 Å². The van der Waals surface area contributed by atoms with Crippen LogP contribution < -0.4 is 15.6 Å². The lowest BCUT2D eigenvalue weighted by atomic mass is 10.1. The van der Waals surface area contributed by atoms with Crippen molar-refractivity contribution in [3.63, 3.8) is 0 Å². The fourth-order valence-corrected chi connectivity index (χ4v) is 3.05. The number of aromatic nitrogens is 4. The molecule has 3 rings (SSSR count). The maximum Gasteiger partial charge on any atom is 0.325 e. The summed E-state index contributed by atoms with van der Waals surface area (Å²) in [6.45, 7) is 4.04. The highest BCUT2D eigenvalue weighted by atomic mass is 16.5. The quantitative estimate of drug-likeness (QED) is 0.516. The molecule has 3 aromatic heterocycles. The normalized spacial score (nSPS) is 12.0. The molecule has 0 saturated carbocycles. The summed E-state index contributed by atoms with van der Waals surface area (Å²) in [5.41, 5.74) is 2.23. The molecule has 9 heteroatoms. The molecule has 0 aliphatic rings. The van der Waals surface area contributed by atoms with E-state index in [9.17, 15) is 9.59 Å². The Morgan fingerprint density at radius 2 is 2.00 bits per heavy atom. The minimum Gasteiger partial charge on any atom is -0.481 e. The summed E-state index contributed by atoms with van der Waals surface area (Å²) >= 11 is 0. The van der Waals surface area contributed by atoms with Gasteiger partial charge in [-0.15, -0.1) is 0 Å². The number of nitrogens with one attached hydrogen (secondary N) is 1. The van der Waals surface area contributed by atoms with Crippen LogP contribution in [-0.4, -0.2) is 43.7 Å². The molecule has 158 valence electrons. The maximum absolute atomic E-state index is 13.1. The summed E-state index contributed by atoms with van der Waals surface area (Å²) < 4.78 is 6.71. The van der Waals surface area contributed by atoms with Crippen molar-refractivity contribution in [2.75, 3.05) is 12.4 Å².